The molecule has 0 aliphatic carbocycles. The minimum Gasteiger partial charge on any atom is -0.462 e. The van der Waals surface area contributed by atoms with Crippen molar-refractivity contribution in [2.45, 2.75) is 381 Å². The molecule has 0 rings (SSSR count). The fourth-order valence-electron chi connectivity index (χ4n) is 10.8. The van der Waals surface area contributed by atoms with Gasteiger partial charge in [0.1, 0.15) is 19.3 Å². The van der Waals surface area contributed by atoms with E-state index in [0.29, 0.717) is 25.7 Å². The number of phosphoric ester groups is 2. The minimum atomic E-state index is -4.95. The molecular formula is C71H138O17P2. The Bertz CT molecular complexity index is 1750. The van der Waals surface area contributed by atoms with Gasteiger partial charge < -0.3 is 33.8 Å². The zero-order valence-electron chi connectivity index (χ0n) is 58.4. The molecule has 0 amide bonds. The average molecular weight is 1330 g/mol. The standard InChI is InChI=1S/C71H138O17P2/c1-7-9-11-13-15-17-18-24-31-37-43-49-55-70(75)87-66(59-81-68(73)53-47-41-35-16-14-12-10-8-2)61-85-89(77,78)83-57-65(72)58-84-90(79,80)86-62-67(60-82-69(74)54-48-42-36-30-27-26-29-34-40-46-52-64(5)6)88-71(76)56-50-44-38-32-25-22-20-19-21-23-28-33-39-45-51-63(3)4/h63-67,72H,7-62H2,1-6H3,(H,77,78)(H,79,80)/t65-,66+,67+/m0/s1. The van der Waals surface area contributed by atoms with Gasteiger partial charge in [0, 0.05) is 25.7 Å². The monoisotopic (exact) mass is 1320 g/mol. The lowest BCUT2D eigenvalue weighted by molar-refractivity contribution is -0.161. The minimum absolute atomic E-state index is 0.107. The van der Waals surface area contributed by atoms with Gasteiger partial charge in [-0.25, -0.2) is 9.13 Å². The molecule has 0 aliphatic rings. The average Bonchev–Trinajstić information content (AvgIpc) is 3.70. The number of esters is 4. The highest BCUT2D eigenvalue weighted by molar-refractivity contribution is 7.47. The first kappa shape index (κ1) is 88.1. The van der Waals surface area contributed by atoms with Crippen LogP contribution in [0.25, 0.3) is 0 Å². The van der Waals surface area contributed by atoms with E-state index in [1.807, 2.05) is 0 Å². The number of aliphatic hydroxyl groups excluding tert-OH is 1. The highest BCUT2D eigenvalue weighted by atomic mass is 31.2. The lowest BCUT2D eigenvalue weighted by Crippen LogP contribution is -2.30. The molecule has 0 saturated heterocycles. The molecular weight excluding hydrogens is 1190 g/mol. The molecule has 0 aromatic rings. The molecule has 19 heteroatoms. The Morgan fingerprint density at radius 3 is 0.756 bits per heavy atom. The third-order valence-corrected chi connectivity index (χ3v) is 18.4. The summed E-state index contributed by atoms with van der Waals surface area (Å²) in [5.74, 6) is -0.570. The van der Waals surface area contributed by atoms with Gasteiger partial charge in [0.15, 0.2) is 12.2 Å². The molecule has 0 heterocycles. The van der Waals surface area contributed by atoms with Crippen LogP contribution in [0, 0.1) is 11.8 Å². The lowest BCUT2D eigenvalue weighted by atomic mass is 10.0. The van der Waals surface area contributed by atoms with E-state index < -0.39 is 97.5 Å². The largest absolute Gasteiger partial charge is 0.472 e. The summed E-state index contributed by atoms with van der Waals surface area (Å²) in [6, 6.07) is 0. The predicted molar refractivity (Wildman–Crippen MR) is 363 cm³/mol. The maximum absolute atomic E-state index is 13.0. The smallest absolute Gasteiger partial charge is 0.462 e. The Morgan fingerprint density at radius 1 is 0.300 bits per heavy atom. The number of rotatable bonds is 70. The molecule has 0 fully saturated rings. The number of unbranched alkanes of at least 4 members (excludes halogenated alkanes) is 40. The topological polar surface area (TPSA) is 237 Å². The number of hydrogen-bond acceptors (Lipinski definition) is 15. The van der Waals surface area contributed by atoms with Gasteiger partial charge in [0.2, 0.25) is 0 Å². The van der Waals surface area contributed by atoms with E-state index in [-0.39, 0.29) is 25.7 Å². The van der Waals surface area contributed by atoms with Gasteiger partial charge in [-0.15, -0.1) is 0 Å². The van der Waals surface area contributed by atoms with Crippen LogP contribution in [0.15, 0.2) is 0 Å². The Balaban J connectivity index is 5.22. The van der Waals surface area contributed by atoms with Crippen LogP contribution in [0.1, 0.15) is 363 Å². The van der Waals surface area contributed by atoms with Crippen LogP contribution in [-0.2, 0) is 65.4 Å². The molecule has 0 aliphatic heterocycles. The first-order chi connectivity index (χ1) is 43.4. The molecule has 0 bridgehead atoms. The predicted octanol–water partition coefficient (Wildman–Crippen LogP) is 20.4. The second-order valence-corrected chi connectivity index (χ2v) is 29.5. The molecule has 0 spiro atoms. The third-order valence-electron chi connectivity index (χ3n) is 16.5. The number of ether oxygens (including phenoxy) is 4. The van der Waals surface area contributed by atoms with Gasteiger partial charge in [-0.05, 0) is 37.5 Å². The molecule has 0 aromatic heterocycles. The van der Waals surface area contributed by atoms with E-state index in [2.05, 4.69) is 41.5 Å². The van der Waals surface area contributed by atoms with E-state index in [1.165, 1.54) is 173 Å². The first-order valence-corrected chi connectivity index (χ1v) is 40.0. The summed E-state index contributed by atoms with van der Waals surface area (Å²) in [5.41, 5.74) is 0. The summed E-state index contributed by atoms with van der Waals surface area (Å²) in [4.78, 5) is 72.5. The second kappa shape index (κ2) is 63.1. The highest BCUT2D eigenvalue weighted by Gasteiger charge is 2.30. The van der Waals surface area contributed by atoms with Gasteiger partial charge >= 0.3 is 39.5 Å². The van der Waals surface area contributed by atoms with E-state index in [0.717, 1.165) is 108 Å². The van der Waals surface area contributed by atoms with Crippen molar-refractivity contribution in [3.63, 3.8) is 0 Å². The van der Waals surface area contributed by atoms with Gasteiger partial charge in [0.25, 0.3) is 0 Å². The fourth-order valence-corrected chi connectivity index (χ4v) is 12.3. The van der Waals surface area contributed by atoms with E-state index >= 15 is 0 Å². The first-order valence-electron chi connectivity index (χ1n) is 37.0. The molecule has 90 heavy (non-hydrogen) atoms. The van der Waals surface area contributed by atoms with E-state index in [4.69, 9.17) is 37.0 Å². The number of phosphoric acid groups is 2. The molecule has 0 radical (unpaired) electrons. The maximum atomic E-state index is 13.0. The second-order valence-electron chi connectivity index (χ2n) is 26.6. The van der Waals surface area contributed by atoms with Crippen LogP contribution < -0.4 is 0 Å². The summed E-state index contributed by atoms with van der Waals surface area (Å²) in [5, 5.41) is 10.6. The normalized spacial score (nSPS) is 14.1. The molecule has 0 saturated carbocycles. The van der Waals surface area contributed by atoms with Crippen molar-refractivity contribution in [1.29, 1.82) is 0 Å². The maximum Gasteiger partial charge on any atom is 0.472 e. The van der Waals surface area contributed by atoms with Crippen molar-refractivity contribution in [2.24, 2.45) is 11.8 Å². The summed E-state index contributed by atoms with van der Waals surface area (Å²) in [6.45, 7) is 9.55. The van der Waals surface area contributed by atoms with Crippen LogP contribution >= 0.6 is 15.6 Å². The molecule has 2 unspecified atom stereocenters. The molecule has 534 valence electrons. The van der Waals surface area contributed by atoms with Crippen molar-refractivity contribution in [2.75, 3.05) is 39.6 Å². The van der Waals surface area contributed by atoms with Crippen LogP contribution in [-0.4, -0.2) is 96.7 Å². The summed E-state index contributed by atoms with van der Waals surface area (Å²) < 4.78 is 68.3. The summed E-state index contributed by atoms with van der Waals surface area (Å²) in [6.07, 6.45) is 48.5. The van der Waals surface area contributed by atoms with Gasteiger partial charge in [-0.2, -0.15) is 0 Å². The van der Waals surface area contributed by atoms with E-state index in [9.17, 15) is 43.2 Å². The Morgan fingerprint density at radius 2 is 0.511 bits per heavy atom. The quantitative estimate of drug-likeness (QED) is 0.0222. The molecule has 17 nitrogen and oxygen atoms in total. The van der Waals surface area contributed by atoms with Crippen molar-refractivity contribution in [3.8, 4) is 0 Å². The lowest BCUT2D eigenvalue weighted by Gasteiger charge is -2.21. The van der Waals surface area contributed by atoms with Crippen molar-refractivity contribution in [3.05, 3.63) is 0 Å². The van der Waals surface area contributed by atoms with Crippen molar-refractivity contribution >= 4 is 39.5 Å². The van der Waals surface area contributed by atoms with Crippen LogP contribution in [0.5, 0.6) is 0 Å². The Labute approximate surface area is 549 Å². The molecule has 3 N–H and O–H groups in total. The number of carbonyl (C=O) groups excluding carboxylic acids is 4. The molecule has 0 aromatic carbocycles. The highest BCUT2D eigenvalue weighted by Crippen LogP contribution is 2.45. The summed E-state index contributed by atoms with van der Waals surface area (Å²) in [7, 11) is -9.90. The number of hydrogen-bond donors (Lipinski definition) is 3. The van der Waals surface area contributed by atoms with Crippen LogP contribution in [0.4, 0.5) is 0 Å². The van der Waals surface area contributed by atoms with Crippen LogP contribution in [0.3, 0.4) is 0 Å². The Kier molecular flexibility index (Phi) is 61.8. The summed E-state index contributed by atoms with van der Waals surface area (Å²) >= 11 is 0. The van der Waals surface area contributed by atoms with Crippen molar-refractivity contribution in [1.82, 2.24) is 0 Å². The number of aliphatic hydroxyl groups is 1. The van der Waals surface area contributed by atoms with Gasteiger partial charge in [-0.3, -0.25) is 37.3 Å². The zero-order valence-corrected chi connectivity index (χ0v) is 60.2. The number of carbonyl (C=O) groups is 4. The third kappa shape index (κ3) is 64.8. The van der Waals surface area contributed by atoms with Crippen molar-refractivity contribution < 1.29 is 80.2 Å². The fraction of sp³-hybridized carbons (Fsp3) is 0.944. The zero-order chi connectivity index (χ0) is 66.5. The SMILES string of the molecule is CCCCCCCCCCCCCCC(=O)O[C@H](COC(=O)CCCCCCCCCC)COP(=O)(O)OC[C@H](O)COP(=O)(O)OC[C@@H](COC(=O)CCCCCCCCCCCCC(C)C)OC(=O)CCCCCCCCCCCCCCCCC(C)C. The van der Waals surface area contributed by atoms with Crippen LogP contribution in [0.2, 0.25) is 0 Å². The van der Waals surface area contributed by atoms with Gasteiger partial charge in [-0.1, -0.05) is 311 Å². The van der Waals surface area contributed by atoms with Gasteiger partial charge in [0.05, 0.1) is 26.4 Å². The van der Waals surface area contributed by atoms with E-state index in [1.54, 1.807) is 0 Å². The molecule has 5 atom stereocenters. The Hall–Kier alpha value is -1.94.